The molecule has 2 rings (SSSR count). The van der Waals surface area contributed by atoms with Gasteiger partial charge in [0.05, 0.1) is 11.7 Å². The van der Waals surface area contributed by atoms with Crippen LogP contribution < -0.4 is 5.32 Å². The van der Waals surface area contributed by atoms with Crippen molar-refractivity contribution in [3.05, 3.63) is 16.6 Å². The molecule has 14 heavy (non-hydrogen) atoms. The summed E-state index contributed by atoms with van der Waals surface area (Å²) in [6.45, 7) is 4.55. The number of nitrogens with zero attached hydrogens (tertiary/aromatic N) is 2. The molecule has 4 nitrogen and oxygen atoms in total. The number of aromatic nitrogens is 1. The number of piperazine rings is 1. The van der Waals surface area contributed by atoms with E-state index < -0.39 is 0 Å². The smallest absolute Gasteiger partial charge is 0.265 e. The van der Waals surface area contributed by atoms with Crippen LogP contribution in [-0.2, 0) is 0 Å². The van der Waals surface area contributed by atoms with Gasteiger partial charge in [-0.1, -0.05) is 0 Å². The van der Waals surface area contributed by atoms with Crippen LogP contribution in [0.5, 0.6) is 0 Å². The molecule has 0 aliphatic carbocycles. The van der Waals surface area contributed by atoms with E-state index in [9.17, 15) is 4.79 Å². The minimum Gasteiger partial charge on any atom is -0.335 e. The van der Waals surface area contributed by atoms with Gasteiger partial charge in [0.25, 0.3) is 5.91 Å². The summed E-state index contributed by atoms with van der Waals surface area (Å²) in [5, 5.41) is 3.31. The van der Waals surface area contributed by atoms with Crippen LogP contribution in [0.3, 0.4) is 0 Å². The van der Waals surface area contributed by atoms with E-state index in [2.05, 4.69) is 17.2 Å². The lowest BCUT2D eigenvalue weighted by atomic mass is 10.2. The van der Waals surface area contributed by atoms with Gasteiger partial charge in [-0.05, 0) is 6.92 Å². The molecule has 1 saturated heterocycles. The van der Waals surface area contributed by atoms with Crippen molar-refractivity contribution in [1.82, 2.24) is 15.2 Å². The average Bonchev–Trinajstić information content (AvgIpc) is 2.69. The minimum absolute atomic E-state index is 0.112. The van der Waals surface area contributed by atoms with Gasteiger partial charge in [0.15, 0.2) is 0 Å². The lowest BCUT2D eigenvalue weighted by Gasteiger charge is -2.31. The molecule has 0 spiro atoms. The molecule has 2 heterocycles. The van der Waals surface area contributed by atoms with Crippen LogP contribution in [0.15, 0.2) is 11.7 Å². The number of nitrogens with one attached hydrogen (secondary N) is 1. The van der Waals surface area contributed by atoms with Gasteiger partial charge in [0.2, 0.25) is 0 Å². The number of amides is 1. The SMILES string of the molecule is CC1CN(C(=O)c2cncs2)CCN1. The summed E-state index contributed by atoms with van der Waals surface area (Å²) >= 11 is 1.40. The van der Waals surface area contributed by atoms with Crippen LogP contribution in [0, 0.1) is 0 Å². The van der Waals surface area contributed by atoms with Gasteiger partial charge in [-0.25, -0.2) is 0 Å². The molecule has 1 aliphatic heterocycles. The van der Waals surface area contributed by atoms with Crippen molar-refractivity contribution in [3.8, 4) is 0 Å². The normalized spacial score (nSPS) is 22.4. The highest BCUT2D eigenvalue weighted by molar-refractivity contribution is 7.11. The summed E-state index contributed by atoms with van der Waals surface area (Å²) in [5.41, 5.74) is 1.69. The molecule has 1 fully saturated rings. The van der Waals surface area contributed by atoms with E-state index in [1.165, 1.54) is 11.3 Å². The van der Waals surface area contributed by atoms with Crippen molar-refractivity contribution < 1.29 is 4.79 Å². The van der Waals surface area contributed by atoms with Crippen molar-refractivity contribution in [2.24, 2.45) is 0 Å². The second-order valence-electron chi connectivity index (χ2n) is 3.47. The summed E-state index contributed by atoms with van der Waals surface area (Å²) < 4.78 is 0. The average molecular weight is 211 g/mol. The first kappa shape index (κ1) is 9.61. The molecule has 5 heteroatoms. The highest BCUT2D eigenvalue weighted by Gasteiger charge is 2.22. The number of hydrogen-bond donors (Lipinski definition) is 1. The highest BCUT2D eigenvalue weighted by atomic mass is 32.1. The molecule has 1 aromatic rings. The van der Waals surface area contributed by atoms with Gasteiger partial charge >= 0.3 is 0 Å². The van der Waals surface area contributed by atoms with Crippen molar-refractivity contribution in [3.63, 3.8) is 0 Å². The minimum atomic E-state index is 0.112. The van der Waals surface area contributed by atoms with Gasteiger partial charge < -0.3 is 10.2 Å². The Morgan fingerprint density at radius 3 is 3.29 bits per heavy atom. The molecule has 1 aliphatic rings. The van der Waals surface area contributed by atoms with Crippen LogP contribution in [-0.4, -0.2) is 41.5 Å². The van der Waals surface area contributed by atoms with Crippen molar-refractivity contribution in [2.45, 2.75) is 13.0 Å². The largest absolute Gasteiger partial charge is 0.335 e. The Morgan fingerprint density at radius 1 is 1.79 bits per heavy atom. The van der Waals surface area contributed by atoms with E-state index >= 15 is 0 Å². The number of carbonyl (C=O) groups is 1. The Morgan fingerprint density at radius 2 is 2.64 bits per heavy atom. The molecular formula is C9H13N3OS. The third-order valence-corrected chi connectivity index (χ3v) is 3.06. The van der Waals surface area contributed by atoms with Gasteiger partial charge in [-0.2, -0.15) is 0 Å². The first-order valence-corrected chi connectivity index (χ1v) is 5.56. The zero-order valence-corrected chi connectivity index (χ0v) is 8.88. The zero-order valence-electron chi connectivity index (χ0n) is 8.06. The van der Waals surface area contributed by atoms with E-state index in [-0.39, 0.29) is 5.91 Å². The lowest BCUT2D eigenvalue weighted by Crippen LogP contribution is -2.51. The lowest BCUT2D eigenvalue weighted by molar-refractivity contribution is 0.0714. The van der Waals surface area contributed by atoms with Crippen molar-refractivity contribution >= 4 is 17.2 Å². The Labute approximate surface area is 86.9 Å². The monoisotopic (exact) mass is 211 g/mol. The summed E-state index contributed by atoms with van der Waals surface area (Å²) in [4.78, 5) is 18.4. The Balaban J connectivity index is 2.04. The summed E-state index contributed by atoms with van der Waals surface area (Å²) in [7, 11) is 0. The standard InChI is InChI=1S/C9H13N3OS/c1-7-5-12(3-2-11-7)9(13)8-4-10-6-14-8/h4,6-7,11H,2-3,5H2,1H3. The first-order valence-electron chi connectivity index (χ1n) is 4.68. The molecular weight excluding hydrogens is 198 g/mol. The van der Waals surface area contributed by atoms with E-state index in [4.69, 9.17) is 0 Å². The molecule has 1 N–H and O–H groups in total. The van der Waals surface area contributed by atoms with Gasteiger partial charge in [-0.3, -0.25) is 9.78 Å². The van der Waals surface area contributed by atoms with Crippen LogP contribution in [0.1, 0.15) is 16.6 Å². The van der Waals surface area contributed by atoms with Crippen molar-refractivity contribution in [1.29, 1.82) is 0 Å². The summed E-state index contributed by atoms with van der Waals surface area (Å²) in [6, 6.07) is 0.389. The number of hydrogen-bond acceptors (Lipinski definition) is 4. The fourth-order valence-corrected chi connectivity index (χ4v) is 2.18. The molecule has 1 amide bonds. The topological polar surface area (TPSA) is 45.2 Å². The van der Waals surface area contributed by atoms with Gasteiger partial charge in [-0.15, -0.1) is 11.3 Å². The van der Waals surface area contributed by atoms with E-state index in [0.29, 0.717) is 6.04 Å². The third-order valence-electron chi connectivity index (χ3n) is 2.30. The maximum absolute atomic E-state index is 11.9. The first-order chi connectivity index (χ1) is 6.77. The molecule has 1 aromatic heterocycles. The van der Waals surface area contributed by atoms with Crippen molar-refractivity contribution in [2.75, 3.05) is 19.6 Å². The summed E-state index contributed by atoms with van der Waals surface area (Å²) in [5.74, 6) is 0.112. The number of rotatable bonds is 1. The predicted molar refractivity (Wildman–Crippen MR) is 55.5 cm³/mol. The molecule has 1 unspecified atom stereocenters. The van der Waals surface area contributed by atoms with Crippen LogP contribution in [0.25, 0.3) is 0 Å². The zero-order chi connectivity index (χ0) is 9.97. The third kappa shape index (κ3) is 1.93. The Hall–Kier alpha value is -0.940. The van der Waals surface area contributed by atoms with Crippen LogP contribution >= 0.6 is 11.3 Å². The molecule has 0 aromatic carbocycles. The predicted octanol–water partition coefficient (Wildman–Crippen LogP) is 0.577. The highest BCUT2D eigenvalue weighted by Crippen LogP contribution is 2.11. The molecule has 0 radical (unpaired) electrons. The van der Waals surface area contributed by atoms with E-state index in [0.717, 1.165) is 24.5 Å². The molecule has 1 atom stereocenters. The maximum Gasteiger partial charge on any atom is 0.265 e. The second-order valence-corrected chi connectivity index (χ2v) is 4.36. The fourth-order valence-electron chi connectivity index (χ4n) is 1.59. The maximum atomic E-state index is 11.9. The van der Waals surface area contributed by atoms with E-state index in [1.807, 2.05) is 4.90 Å². The Kier molecular flexibility index (Phi) is 2.79. The Bertz CT molecular complexity index is 312. The van der Waals surface area contributed by atoms with Crippen LogP contribution in [0.2, 0.25) is 0 Å². The second kappa shape index (κ2) is 4.06. The quantitative estimate of drug-likeness (QED) is 0.739. The van der Waals surface area contributed by atoms with Crippen LogP contribution in [0.4, 0.5) is 0 Å². The number of carbonyl (C=O) groups excluding carboxylic acids is 1. The molecule has 0 bridgehead atoms. The van der Waals surface area contributed by atoms with Gasteiger partial charge in [0, 0.05) is 25.7 Å². The van der Waals surface area contributed by atoms with E-state index in [1.54, 1.807) is 11.7 Å². The number of thiazole rings is 1. The molecule has 0 saturated carbocycles. The summed E-state index contributed by atoms with van der Waals surface area (Å²) in [6.07, 6.45) is 1.64. The molecule has 76 valence electrons. The van der Waals surface area contributed by atoms with Gasteiger partial charge in [0.1, 0.15) is 4.88 Å². The fraction of sp³-hybridized carbons (Fsp3) is 0.556.